The average molecular weight is 403 g/mol. The van der Waals surface area contributed by atoms with Gasteiger partial charge in [-0.2, -0.15) is 0 Å². The Morgan fingerprint density at radius 1 is 1.21 bits per heavy atom. The zero-order chi connectivity index (χ0) is 19.9. The molecule has 2 aromatic rings. The zero-order valence-corrected chi connectivity index (χ0v) is 16.0. The minimum absolute atomic E-state index is 0.0208. The molecule has 1 fully saturated rings. The molecule has 1 aliphatic rings. The minimum Gasteiger partial charge on any atom is -0.480 e. The Morgan fingerprint density at radius 2 is 1.93 bits per heavy atom. The second kappa shape index (κ2) is 9.43. The standard InChI is InChI=1S/C19H21N3O5S/c23-16(22-8-10-27-11-9-22)7-6-14(19(25)26)20-17(24)15-12-28-18(21-15)13-4-2-1-3-5-13/h1-5,12,14H,6-11H2,(H,20,24)(H,25,26)/t14-/m1/s1. The van der Waals surface area contributed by atoms with Crippen LogP contribution in [0.15, 0.2) is 35.7 Å². The van der Waals surface area contributed by atoms with E-state index in [1.807, 2.05) is 30.3 Å². The van der Waals surface area contributed by atoms with E-state index in [0.29, 0.717) is 31.3 Å². The molecule has 1 atom stereocenters. The van der Waals surface area contributed by atoms with Crippen LogP contribution in [0.3, 0.4) is 0 Å². The lowest BCUT2D eigenvalue weighted by Gasteiger charge is -2.27. The maximum Gasteiger partial charge on any atom is 0.326 e. The van der Waals surface area contributed by atoms with Gasteiger partial charge in [0.1, 0.15) is 16.7 Å². The summed E-state index contributed by atoms with van der Waals surface area (Å²) in [6.07, 6.45) is 0.0660. The monoisotopic (exact) mass is 403 g/mol. The molecule has 1 aliphatic heterocycles. The van der Waals surface area contributed by atoms with E-state index >= 15 is 0 Å². The number of nitrogens with zero attached hydrogens (tertiary/aromatic N) is 2. The Kier molecular flexibility index (Phi) is 6.72. The molecule has 1 saturated heterocycles. The van der Waals surface area contributed by atoms with E-state index in [9.17, 15) is 19.5 Å². The van der Waals surface area contributed by atoms with Crippen molar-refractivity contribution in [1.82, 2.24) is 15.2 Å². The largest absolute Gasteiger partial charge is 0.480 e. The SMILES string of the molecule is O=C(N[C@H](CCC(=O)N1CCOCC1)C(=O)O)c1csc(-c2ccccc2)n1. The van der Waals surface area contributed by atoms with Crippen LogP contribution in [0.4, 0.5) is 0 Å². The third-order valence-electron chi connectivity index (χ3n) is 4.37. The molecule has 2 amide bonds. The van der Waals surface area contributed by atoms with Gasteiger partial charge in [0.05, 0.1) is 13.2 Å². The number of hydrogen-bond acceptors (Lipinski definition) is 6. The topological polar surface area (TPSA) is 109 Å². The van der Waals surface area contributed by atoms with Gasteiger partial charge in [-0.25, -0.2) is 9.78 Å². The van der Waals surface area contributed by atoms with Crippen molar-refractivity contribution in [1.29, 1.82) is 0 Å². The molecular weight excluding hydrogens is 382 g/mol. The number of carboxylic acid groups (broad SMARTS) is 1. The van der Waals surface area contributed by atoms with E-state index in [4.69, 9.17) is 4.74 Å². The van der Waals surface area contributed by atoms with Crippen LogP contribution in [0.1, 0.15) is 23.3 Å². The second-order valence-corrected chi connectivity index (χ2v) is 7.16. The number of morpholine rings is 1. The minimum atomic E-state index is -1.18. The third kappa shape index (κ3) is 5.14. The molecule has 0 radical (unpaired) electrons. The molecule has 2 heterocycles. The Bertz CT molecular complexity index is 833. The van der Waals surface area contributed by atoms with Crippen molar-refractivity contribution >= 4 is 29.1 Å². The van der Waals surface area contributed by atoms with Gasteiger partial charge in [-0.1, -0.05) is 30.3 Å². The fourth-order valence-corrected chi connectivity index (χ4v) is 3.63. The van der Waals surface area contributed by atoms with Crippen LogP contribution in [0, 0.1) is 0 Å². The molecule has 2 N–H and O–H groups in total. The first-order valence-electron chi connectivity index (χ1n) is 8.94. The normalized spacial score (nSPS) is 15.1. The zero-order valence-electron chi connectivity index (χ0n) is 15.2. The number of rotatable bonds is 7. The number of nitrogens with one attached hydrogen (secondary N) is 1. The summed E-state index contributed by atoms with van der Waals surface area (Å²) in [6, 6.07) is 8.26. The molecule has 0 unspecified atom stereocenters. The molecule has 0 saturated carbocycles. The number of amides is 2. The van der Waals surface area contributed by atoms with Gasteiger partial charge in [-0.3, -0.25) is 9.59 Å². The number of thiazole rings is 1. The maximum atomic E-state index is 12.4. The van der Waals surface area contributed by atoms with Gasteiger partial charge in [0.15, 0.2) is 0 Å². The first kappa shape index (κ1) is 20.0. The summed E-state index contributed by atoms with van der Waals surface area (Å²) in [5, 5.41) is 14.1. The van der Waals surface area contributed by atoms with Crippen molar-refractivity contribution in [3.8, 4) is 10.6 Å². The highest BCUT2D eigenvalue weighted by Crippen LogP contribution is 2.23. The molecule has 1 aromatic heterocycles. The predicted molar refractivity (Wildman–Crippen MR) is 103 cm³/mol. The summed E-state index contributed by atoms with van der Waals surface area (Å²) in [6.45, 7) is 1.98. The lowest BCUT2D eigenvalue weighted by Crippen LogP contribution is -2.44. The second-order valence-electron chi connectivity index (χ2n) is 6.30. The number of ether oxygens (including phenoxy) is 1. The van der Waals surface area contributed by atoms with Crippen LogP contribution < -0.4 is 5.32 Å². The van der Waals surface area contributed by atoms with Crippen LogP contribution in [0.5, 0.6) is 0 Å². The third-order valence-corrected chi connectivity index (χ3v) is 5.26. The first-order chi connectivity index (χ1) is 13.5. The van der Waals surface area contributed by atoms with Crippen molar-refractivity contribution in [3.63, 3.8) is 0 Å². The summed E-state index contributed by atoms with van der Waals surface area (Å²) in [5.41, 5.74) is 1.05. The molecule has 0 aliphatic carbocycles. The highest BCUT2D eigenvalue weighted by atomic mass is 32.1. The number of carboxylic acids is 1. The van der Waals surface area contributed by atoms with Gasteiger partial charge in [-0.15, -0.1) is 11.3 Å². The summed E-state index contributed by atoms with van der Waals surface area (Å²) in [5.74, 6) is -1.88. The fraction of sp³-hybridized carbons (Fsp3) is 0.368. The number of aliphatic carboxylic acids is 1. The van der Waals surface area contributed by atoms with Crippen LogP contribution in [0.25, 0.3) is 10.6 Å². The van der Waals surface area contributed by atoms with Crippen LogP contribution in [-0.2, 0) is 14.3 Å². The molecule has 1 aromatic carbocycles. The Balaban J connectivity index is 1.58. The van der Waals surface area contributed by atoms with Gasteiger partial charge in [0.2, 0.25) is 5.91 Å². The molecule has 0 bridgehead atoms. The number of carbonyl (C=O) groups excluding carboxylic acids is 2. The summed E-state index contributed by atoms with van der Waals surface area (Å²) in [4.78, 5) is 42.0. The van der Waals surface area contributed by atoms with Crippen molar-refractivity contribution < 1.29 is 24.2 Å². The maximum absolute atomic E-state index is 12.4. The van der Waals surface area contributed by atoms with E-state index in [2.05, 4.69) is 10.3 Å². The van der Waals surface area contributed by atoms with Crippen LogP contribution in [0.2, 0.25) is 0 Å². The van der Waals surface area contributed by atoms with Gasteiger partial charge < -0.3 is 20.1 Å². The van der Waals surface area contributed by atoms with E-state index < -0.39 is 17.9 Å². The van der Waals surface area contributed by atoms with Gasteiger partial charge in [-0.05, 0) is 6.42 Å². The number of hydrogen-bond donors (Lipinski definition) is 2. The lowest BCUT2D eigenvalue weighted by molar-refractivity contribution is -0.140. The Labute approximate surface area is 166 Å². The van der Waals surface area contributed by atoms with Crippen molar-refractivity contribution in [2.24, 2.45) is 0 Å². The molecule has 148 valence electrons. The predicted octanol–water partition coefficient (Wildman–Crippen LogP) is 1.63. The first-order valence-corrected chi connectivity index (χ1v) is 9.82. The van der Waals surface area contributed by atoms with Gasteiger partial charge >= 0.3 is 5.97 Å². The Morgan fingerprint density at radius 3 is 2.61 bits per heavy atom. The number of aromatic nitrogens is 1. The van der Waals surface area contributed by atoms with Crippen LogP contribution >= 0.6 is 11.3 Å². The van der Waals surface area contributed by atoms with E-state index in [0.717, 1.165) is 5.56 Å². The molecular formula is C19H21N3O5S. The van der Waals surface area contributed by atoms with Crippen molar-refractivity contribution in [3.05, 3.63) is 41.4 Å². The Hall–Kier alpha value is -2.78. The number of benzene rings is 1. The molecule has 0 spiro atoms. The fourth-order valence-electron chi connectivity index (χ4n) is 2.82. The molecule has 3 rings (SSSR count). The summed E-state index contributed by atoms with van der Waals surface area (Å²) < 4.78 is 5.20. The van der Waals surface area contributed by atoms with E-state index in [1.54, 1.807) is 10.3 Å². The van der Waals surface area contributed by atoms with Crippen molar-refractivity contribution in [2.45, 2.75) is 18.9 Å². The lowest BCUT2D eigenvalue weighted by atomic mass is 10.1. The van der Waals surface area contributed by atoms with E-state index in [-0.39, 0.29) is 24.4 Å². The van der Waals surface area contributed by atoms with Gasteiger partial charge in [0, 0.05) is 30.5 Å². The van der Waals surface area contributed by atoms with Crippen molar-refractivity contribution in [2.75, 3.05) is 26.3 Å². The molecule has 28 heavy (non-hydrogen) atoms. The summed E-state index contributed by atoms with van der Waals surface area (Å²) in [7, 11) is 0. The summed E-state index contributed by atoms with van der Waals surface area (Å²) >= 11 is 1.31. The highest BCUT2D eigenvalue weighted by molar-refractivity contribution is 7.13. The highest BCUT2D eigenvalue weighted by Gasteiger charge is 2.25. The van der Waals surface area contributed by atoms with Crippen LogP contribution in [-0.4, -0.2) is 65.1 Å². The number of carbonyl (C=O) groups is 3. The molecule has 9 heteroatoms. The average Bonchev–Trinajstić information content (AvgIpc) is 3.22. The van der Waals surface area contributed by atoms with Gasteiger partial charge in [0.25, 0.3) is 5.91 Å². The molecule has 8 nitrogen and oxygen atoms in total. The smallest absolute Gasteiger partial charge is 0.326 e. The quantitative estimate of drug-likeness (QED) is 0.727. The van der Waals surface area contributed by atoms with E-state index in [1.165, 1.54) is 11.3 Å².